The second-order valence-corrected chi connectivity index (χ2v) is 5.56. The molecule has 0 N–H and O–H groups in total. The van der Waals surface area contributed by atoms with Gasteiger partial charge in [-0.15, -0.1) is 11.8 Å². The fourth-order valence-corrected chi connectivity index (χ4v) is 3.31. The van der Waals surface area contributed by atoms with Crippen molar-refractivity contribution in [2.75, 3.05) is 0 Å². The van der Waals surface area contributed by atoms with E-state index < -0.39 is 5.25 Å². The zero-order valence-corrected chi connectivity index (χ0v) is 14.2. The molecule has 2 aromatic carbocycles. The van der Waals surface area contributed by atoms with Gasteiger partial charge in [0.15, 0.2) is 11.6 Å². The van der Waals surface area contributed by atoms with Gasteiger partial charge in [0.2, 0.25) is 0 Å². The maximum atomic E-state index is 12.4. The second-order valence-electron chi connectivity index (χ2n) is 4.41. The van der Waals surface area contributed by atoms with Crippen LogP contribution in [0, 0.1) is 11.3 Å². The van der Waals surface area contributed by atoms with Crippen LogP contribution in [0.3, 0.4) is 0 Å². The Morgan fingerprint density at radius 2 is 1.76 bits per heavy atom. The topological polar surface area (TPSA) is 57.9 Å². The number of fused-ring (bicyclic) bond motifs is 1. The van der Waals surface area contributed by atoms with Gasteiger partial charge in [-0.1, -0.05) is 30.3 Å². The van der Waals surface area contributed by atoms with Crippen LogP contribution in [-0.4, -0.2) is 16.8 Å². The number of ketones is 2. The molecule has 1 atom stereocenters. The molecule has 21 heavy (non-hydrogen) atoms. The molecule has 0 saturated carbocycles. The van der Waals surface area contributed by atoms with Crippen LogP contribution in [0.15, 0.2) is 53.4 Å². The molecule has 3 nitrogen and oxygen atoms in total. The molecule has 0 bridgehead atoms. The van der Waals surface area contributed by atoms with Gasteiger partial charge >= 0.3 is 29.6 Å². The molecule has 0 aliphatic carbocycles. The molecule has 1 unspecified atom stereocenters. The molecule has 1 heterocycles. The minimum atomic E-state index is -0.708. The Balaban J connectivity index is 0.00000161. The number of thioether (sulfide) groups is 1. The van der Waals surface area contributed by atoms with Gasteiger partial charge in [-0.3, -0.25) is 9.59 Å². The van der Waals surface area contributed by atoms with Gasteiger partial charge in [0.25, 0.3) is 0 Å². The van der Waals surface area contributed by atoms with Crippen LogP contribution >= 0.6 is 11.8 Å². The van der Waals surface area contributed by atoms with Crippen molar-refractivity contribution < 1.29 is 39.1 Å². The van der Waals surface area contributed by atoms with Gasteiger partial charge < -0.3 is 0 Å². The van der Waals surface area contributed by atoms with Crippen LogP contribution in [0.4, 0.5) is 0 Å². The van der Waals surface area contributed by atoms with Gasteiger partial charge in [0.05, 0.1) is 11.6 Å². The fourth-order valence-electron chi connectivity index (χ4n) is 2.13. The van der Waals surface area contributed by atoms with Crippen molar-refractivity contribution in [3.63, 3.8) is 0 Å². The number of hydrogen-bond acceptors (Lipinski definition) is 4. The van der Waals surface area contributed by atoms with E-state index in [2.05, 4.69) is 0 Å². The molecular formula is C16H9NNaO2S+. The number of hydrogen-bond donors (Lipinski definition) is 0. The van der Waals surface area contributed by atoms with E-state index in [0.717, 1.165) is 4.90 Å². The standard InChI is InChI=1S/C16H9NO2S.Na/c17-9-10-5-7-11(8-6-10)14(18)16-15(19)12-3-1-2-4-13(12)20-16;/h1-8,16H;/q;+1. The van der Waals surface area contributed by atoms with E-state index >= 15 is 0 Å². The quantitative estimate of drug-likeness (QED) is 0.449. The number of benzene rings is 2. The maximum Gasteiger partial charge on any atom is 1.00 e. The molecule has 5 heteroatoms. The fraction of sp³-hybridized carbons (Fsp3) is 0.0625. The Hall–Kier alpha value is -1.38. The minimum Gasteiger partial charge on any atom is -0.292 e. The van der Waals surface area contributed by atoms with Crippen LogP contribution in [0.1, 0.15) is 26.3 Å². The predicted octanol–water partition coefficient (Wildman–Crippen LogP) is 0.102. The van der Waals surface area contributed by atoms with Crippen LogP contribution in [-0.2, 0) is 0 Å². The Labute approximate surface area is 148 Å². The Kier molecular flexibility index (Phi) is 5.02. The Morgan fingerprint density at radius 1 is 1.10 bits per heavy atom. The first-order valence-corrected chi connectivity index (χ1v) is 6.93. The van der Waals surface area contributed by atoms with Crippen molar-refractivity contribution in [2.24, 2.45) is 0 Å². The van der Waals surface area contributed by atoms with Crippen LogP contribution < -0.4 is 29.6 Å². The molecular weight excluding hydrogens is 293 g/mol. The van der Waals surface area contributed by atoms with E-state index in [1.165, 1.54) is 11.8 Å². The number of rotatable bonds is 2. The second kappa shape index (κ2) is 6.59. The van der Waals surface area contributed by atoms with Crippen molar-refractivity contribution in [3.8, 4) is 6.07 Å². The van der Waals surface area contributed by atoms with E-state index in [-0.39, 0.29) is 41.1 Å². The number of nitriles is 1. The molecule has 0 amide bonds. The van der Waals surface area contributed by atoms with E-state index in [0.29, 0.717) is 16.7 Å². The van der Waals surface area contributed by atoms with E-state index in [1.54, 1.807) is 36.4 Å². The third-order valence-corrected chi connectivity index (χ3v) is 4.45. The molecule has 0 radical (unpaired) electrons. The summed E-state index contributed by atoms with van der Waals surface area (Å²) < 4.78 is 0. The molecule has 3 rings (SSSR count). The molecule has 0 fully saturated rings. The van der Waals surface area contributed by atoms with Gasteiger partial charge in [0.1, 0.15) is 5.25 Å². The Bertz CT molecular complexity index is 750. The summed E-state index contributed by atoms with van der Waals surface area (Å²) in [6.07, 6.45) is 0. The van der Waals surface area contributed by atoms with Crippen LogP contribution in [0.5, 0.6) is 0 Å². The van der Waals surface area contributed by atoms with Gasteiger partial charge in [-0.05, 0) is 18.2 Å². The van der Waals surface area contributed by atoms with Gasteiger partial charge in [-0.2, -0.15) is 5.26 Å². The largest absolute Gasteiger partial charge is 1.00 e. The summed E-state index contributed by atoms with van der Waals surface area (Å²) in [7, 11) is 0. The summed E-state index contributed by atoms with van der Waals surface area (Å²) >= 11 is 1.29. The average Bonchev–Trinajstić information content (AvgIpc) is 2.84. The molecule has 1 aliphatic heterocycles. The number of carbonyl (C=O) groups excluding carboxylic acids is 2. The van der Waals surface area contributed by atoms with E-state index in [4.69, 9.17) is 5.26 Å². The first-order chi connectivity index (χ1) is 9.70. The molecule has 0 spiro atoms. The Morgan fingerprint density at radius 3 is 2.38 bits per heavy atom. The number of nitrogens with zero attached hydrogens (tertiary/aromatic N) is 1. The predicted molar refractivity (Wildman–Crippen MR) is 75.9 cm³/mol. The first kappa shape index (κ1) is 16.0. The molecule has 0 aromatic heterocycles. The minimum absolute atomic E-state index is 0. The molecule has 2 aromatic rings. The summed E-state index contributed by atoms with van der Waals surface area (Å²) in [5, 5.41) is 8.04. The van der Waals surface area contributed by atoms with Crippen molar-refractivity contribution in [1.82, 2.24) is 0 Å². The third-order valence-electron chi connectivity index (χ3n) is 3.17. The van der Waals surface area contributed by atoms with Crippen LogP contribution in [0.2, 0.25) is 0 Å². The monoisotopic (exact) mass is 302 g/mol. The maximum absolute atomic E-state index is 12.4. The van der Waals surface area contributed by atoms with Crippen molar-refractivity contribution in [1.29, 1.82) is 5.26 Å². The summed E-state index contributed by atoms with van der Waals surface area (Å²) in [4.78, 5) is 25.5. The average molecular weight is 302 g/mol. The first-order valence-electron chi connectivity index (χ1n) is 6.05. The van der Waals surface area contributed by atoms with Crippen LogP contribution in [0.25, 0.3) is 0 Å². The summed E-state index contributed by atoms with van der Waals surface area (Å²) in [6.45, 7) is 0. The zero-order chi connectivity index (χ0) is 14.1. The molecule has 96 valence electrons. The normalized spacial score (nSPS) is 15.8. The van der Waals surface area contributed by atoms with Gasteiger partial charge in [-0.25, -0.2) is 0 Å². The smallest absolute Gasteiger partial charge is 0.292 e. The number of carbonyl (C=O) groups is 2. The number of Topliss-reactive ketones (excluding diaryl/α,β-unsaturated/α-hetero) is 2. The third kappa shape index (κ3) is 2.97. The summed E-state index contributed by atoms with van der Waals surface area (Å²) in [5.41, 5.74) is 1.57. The van der Waals surface area contributed by atoms with Gasteiger partial charge in [0, 0.05) is 16.0 Å². The molecule has 0 saturated heterocycles. The zero-order valence-electron chi connectivity index (χ0n) is 11.4. The van der Waals surface area contributed by atoms with Crippen molar-refractivity contribution >= 4 is 23.3 Å². The van der Waals surface area contributed by atoms with E-state index in [9.17, 15) is 9.59 Å². The summed E-state index contributed by atoms with van der Waals surface area (Å²) in [5.74, 6) is -0.347. The van der Waals surface area contributed by atoms with E-state index in [1.807, 2.05) is 18.2 Å². The van der Waals surface area contributed by atoms with Crippen molar-refractivity contribution in [3.05, 3.63) is 65.2 Å². The van der Waals surface area contributed by atoms with Crippen molar-refractivity contribution in [2.45, 2.75) is 10.1 Å². The summed E-state index contributed by atoms with van der Waals surface area (Å²) in [6, 6.07) is 15.6. The SMILES string of the molecule is N#Cc1ccc(C(=O)C2Sc3ccccc3C2=O)cc1.[Na+]. The molecule has 1 aliphatic rings.